The van der Waals surface area contributed by atoms with Crippen LogP contribution in [0.2, 0.25) is 0 Å². The fourth-order valence-corrected chi connectivity index (χ4v) is 2.60. The van der Waals surface area contributed by atoms with Gasteiger partial charge in [-0.1, -0.05) is 24.3 Å². The molecule has 138 valence electrons. The van der Waals surface area contributed by atoms with E-state index in [-0.39, 0.29) is 5.56 Å². The molecule has 0 saturated heterocycles. The van der Waals surface area contributed by atoms with Gasteiger partial charge < -0.3 is 19.8 Å². The van der Waals surface area contributed by atoms with E-state index in [0.29, 0.717) is 22.3 Å². The van der Waals surface area contributed by atoms with Gasteiger partial charge in [0.1, 0.15) is 5.75 Å². The molecule has 0 radical (unpaired) electrons. The minimum Gasteiger partial charge on any atom is -0.497 e. The highest BCUT2D eigenvalue weighted by molar-refractivity contribution is 6.04. The van der Waals surface area contributed by atoms with Gasteiger partial charge in [-0.15, -0.1) is 0 Å². The summed E-state index contributed by atoms with van der Waals surface area (Å²) >= 11 is 0. The molecule has 1 heterocycles. The van der Waals surface area contributed by atoms with Crippen molar-refractivity contribution in [1.82, 2.24) is 4.98 Å². The predicted molar refractivity (Wildman–Crippen MR) is 101 cm³/mol. The summed E-state index contributed by atoms with van der Waals surface area (Å²) in [5.41, 5.74) is 0.721. The lowest BCUT2D eigenvalue weighted by molar-refractivity contribution is -0.123. The minimum absolute atomic E-state index is 0.107. The number of H-pyrrole nitrogens is 1. The second-order valence-corrected chi connectivity index (χ2v) is 5.86. The molecule has 2 N–H and O–H groups in total. The molecule has 1 aromatic heterocycles. The predicted octanol–water partition coefficient (Wildman–Crippen LogP) is 2.72. The number of esters is 1. The van der Waals surface area contributed by atoms with Crippen molar-refractivity contribution in [2.75, 3.05) is 12.4 Å². The lowest BCUT2D eigenvalue weighted by atomic mass is 10.1. The van der Waals surface area contributed by atoms with Crippen molar-refractivity contribution in [3.63, 3.8) is 0 Å². The van der Waals surface area contributed by atoms with Crippen LogP contribution in [-0.2, 0) is 9.53 Å². The average molecular weight is 366 g/mol. The zero-order valence-corrected chi connectivity index (χ0v) is 14.8. The van der Waals surface area contributed by atoms with Crippen LogP contribution < -0.4 is 15.6 Å². The Morgan fingerprint density at radius 3 is 2.63 bits per heavy atom. The molecule has 27 heavy (non-hydrogen) atoms. The average Bonchev–Trinajstić information content (AvgIpc) is 2.67. The normalized spacial score (nSPS) is 11.6. The number of anilines is 1. The summed E-state index contributed by atoms with van der Waals surface area (Å²) in [5, 5.41) is 3.20. The number of fused-ring (bicyclic) bond motifs is 1. The number of carbonyl (C=O) groups excluding carboxylic acids is 2. The molecule has 1 atom stereocenters. The Labute approximate surface area is 154 Å². The van der Waals surface area contributed by atoms with Crippen molar-refractivity contribution in [2.24, 2.45) is 0 Å². The van der Waals surface area contributed by atoms with Gasteiger partial charge in [0.25, 0.3) is 5.91 Å². The molecule has 0 aliphatic carbocycles. The van der Waals surface area contributed by atoms with Gasteiger partial charge >= 0.3 is 5.97 Å². The Kier molecular flexibility index (Phi) is 5.21. The Hall–Kier alpha value is -3.61. The Balaban J connectivity index is 1.75. The van der Waals surface area contributed by atoms with Crippen LogP contribution in [0, 0.1) is 0 Å². The number of nitrogens with one attached hydrogen (secondary N) is 2. The van der Waals surface area contributed by atoms with E-state index in [1.807, 2.05) is 0 Å². The third-order valence-electron chi connectivity index (χ3n) is 3.96. The number of ether oxygens (including phenoxy) is 2. The first-order valence-corrected chi connectivity index (χ1v) is 8.26. The van der Waals surface area contributed by atoms with Crippen LogP contribution in [0.5, 0.6) is 5.75 Å². The van der Waals surface area contributed by atoms with E-state index in [4.69, 9.17) is 9.47 Å². The van der Waals surface area contributed by atoms with Crippen LogP contribution in [-0.4, -0.2) is 30.1 Å². The minimum atomic E-state index is -1.05. The number of hydrogen-bond acceptors (Lipinski definition) is 5. The van der Waals surface area contributed by atoms with Gasteiger partial charge in [0.15, 0.2) is 6.10 Å². The first-order chi connectivity index (χ1) is 13.0. The summed E-state index contributed by atoms with van der Waals surface area (Å²) in [7, 11) is 1.53. The molecule has 1 amide bonds. The highest BCUT2D eigenvalue weighted by Crippen LogP contribution is 2.18. The molecule has 0 unspecified atom stereocenters. The molecule has 0 saturated carbocycles. The van der Waals surface area contributed by atoms with E-state index in [0.717, 1.165) is 6.07 Å². The number of carbonyl (C=O) groups is 2. The summed E-state index contributed by atoms with van der Waals surface area (Å²) in [6, 6.07) is 14.9. The molecule has 3 aromatic rings. The molecule has 0 aliphatic rings. The monoisotopic (exact) mass is 366 g/mol. The highest BCUT2D eigenvalue weighted by atomic mass is 16.5. The highest BCUT2D eigenvalue weighted by Gasteiger charge is 2.21. The fraction of sp³-hybridized carbons (Fsp3) is 0.150. The SMILES string of the molecule is COc1cccc(NC(=O)[C@@H](C)OC(=O)c2cc(=O)[nH]c3ccccc23)c1. The molecule has 3 rings (SSSR count). The number of pyridine rings is 1. The molecule has 2 aromatic carbocycles. The van der Waals surface area contributed by atoms with Crippen molar-refractivity contribution in [1.29, 1.82) is 0 Å². The second-order valence-electron chi connectivity index (χ2n) is 5.86. The smallest absolute Gasteiger partial charge is 0.339 e. The molecule has 0 aliphatic heterocycles. The first kappa shape index (κ1) is 18.2. The van der Waals surface area contributed by atoms with Gasteiger partial charge in [0.2, 0.25) is 5.56 Å². The number of rotatable bonds is 5. The zero-order valence-electron chi connectivity index (χ0n) is 14.8. The summed E-state index contributed by atoms with van der Waals surface area (Å²) < 4.78 is 10.4. The molecule has 7 nitrogen and oxygen atoms in total. The van der Waals surface area contributed by atoms with Crippen molar-refractivity contribution in [3.8, 4) is 5.75 Å². The maximum Gasteiger partial charge on any atom is 0.339 e. The van der Waals surface area contributed by atoms with E-state index in [9.17, 15) is 14.4 Å². The van der Waals surface area contributed by atoms with Crippen LogP contribution in [0.1, 0.15) is 17.3 Å². The van der Waals surface area contributed by atoms with Gasteiger partial charge in [0.05, 0.1) is 12.7 Å². The Bertz CT molecular complexity index is 1060. The molecular weight excluding hydrogens is 348 g/mol. The number of aromatic nitrogens is 1. The second kappa shape index (κ2) is 7.74. The van der Waals surface area contributed by atoms with Crippen LogP contribution >= 0.6 is 0 Å². The molecule has 7 heteroatoms. The van der Waals surface area contributed by atoms with Gasteiger partial charge in [0, 0.05) is 28.7 Å². The van der Waals surface area contributed by atoms with Crippen LogP contribution in [0.15, 0.2) is 59.4 Å². The standard InChI is InChI=1S/C20H18N2O5/c1-12(19(24)21-13-6-5-7-14(10-13)26-2)27-20(25)16-11-18(23)22-17-9-4-3-8-15(16)17/h3-12H,1-2H3,(H,21,24)(H,22,23)/t12-/m1/s1. The van der Waals surface area contributed by atoms with E-state index in [1.165, 1.54) is 14.0 Å². The maximum atomic E-state index is 12.5. The third-order valence-corrected chi connectivity index (χ3v) is 3.96. The Morgan fingerprint density at radius 1 is 1.07 bits per heavy atom. The molecule has 0 spiro atoms. The number of aromatic amines is 1. The van der Waals surface area contributed by atoms with E-state index < -0.39 is 23.5 Å². The summed E-state index contributed by atoms with van der Waals surface area (Å²) in [4.78, 5) is 39.2. The Morgan fingerprint density at radius 2 is 1.85 bits per heavy atom. The topological polar surface area (TPSA) is 97.5 Å². The van der Waals surface area contributed by atoms with Gasteiger partial charge in [-0.3, -0.25) is 9.59 Å². The van der Waals surface area contributed by atoms with E-state index in [1.54, 1.807) is 48.5 Å². The maximum absolute atomic E-state index is 12.5. The lowest BCUT2D eigenvalue weighted by Crippen LogP contribution is -2.30. The summed E-state index contributed by atoms with van der Waals surface area (Å²) in [5.74, 6) is -0.649. The first-order valence-electron chi connectivity index (χ1n) is 8.26. The van der Waals surface area contributed by atoms with Crippen LogP contribution in [0.4, 0.5) is 5.69 Å². The van der Waals surface area contributed by atoms with Gasteiger partial charge in [-0.05, 0) is 25.1 Å². The summed E-state index contributed by atoms with van der Waals surface area (Å²) in [6.45, 7) is 1.46. The number of para-hydroxylation sites is 1. The number of benzene rings is 2. The molecule has 0 bridgehead atoms. The van der Waals surface area contributed by atoms with Crippen molar-refractivity contribution < 1.29 is 19.1 Å². The number of methoxy groups -OCH3 is 1. The van der Waals surface area contributed by atoms with Gasteiger partial charge in [-0.2, -0.15) is 0 Å². The van der Waals surface area contributed by atoms with E-state index >= 15 is 0 Å². The van der Waals surface area contributed by atoms with Crippen LogP contribution in [0.25, 0.3) is 10.9 Å². The molecule has 0 fully saturated rings. The van der Waals surface area contributed by atoms with Crippen molar-refractivity contribution in [3.05, 3.63) is 70.5 Å². The molecular formula is C20H18N2O5. The van der Waals surface area contributed by atoms with E-state index in [2.05, 4.69) is 10.3 Å². The third kappa shape index (κ3) is 4.14. The lowest BCUT2D eigenvalue weighted by Gasteiger charge is -2.14. The van der Waals surface area contributed by atoms with Crippen molar-refractivity contribution >= 4 is 28.5 Å². The quantitative estimate of drug-likeness (QED) is 0.677. The van der Waals surface area contributed by atoms with Crippen molar-refractivity contribution in [2.45, 2.75) is 13.0 Å². The summed E-state index contributed by atoms with van der Waals surface area (Å²) in [6.07, 6.45) is -1.05. The van der Waals surface area contributed by atoms with Gasteiger partial charge in [-0.25, -0.2) is 4.79 Å². The zero-order chi connectivity index (χ0) is 19.4. The largest absolute Gasteiger partial charge is 0.497 e. The fourth-order valence-electron chi connectivity index (χ4n) is 2.60. The van der Waals surface area contributed by atoms with Crippen LogP contribution in [0.3, 0.4) is 0 Å². The number of hydrogen-bond donors (Lipinski definition) is 2. The number of amides is 1.